The van der Waals surface area contributed by atoms with Crippen molar-refractivity contribution in [3.63, 3.8) is 0 Å². The van der Waals surface area contributed by atoms with Crippen LogP contribution in [0.4, 0.5) is 17.3 Å². The average Bonchev–Trinajstić information content (AvgIpc) is 2.41. The Balaban J connectivity index is 2.42. The zero-order valence-corrected chi connectivity index (χ0v) is 13.8. The molecule has 2 rings (SSSR count). The van der Waals surface area contributed by atoms with Crippen molar-refractivity contribution in [3.8, 4) is 0 Å². The summed E-state index contributed by atoms with van der Waals surface area (Å²) in [6, 6.07) is 7.73. The molecule has 0 bridgehead atoms. The number of aryl methyl sites for hydroxylation is 1. The highest BCUT2D eigenvalue weighted by atomic mass is 35.5. The highest BCUT2D eigenvalue weighted by molar-refractivity contribution is 6.33. The summed E-state index contributed by atoms with van der Waals surface area (Å²) in [4.78, 5) is 9.11. The van der Waals surface area contributed by atoms with E-state index in [9.17, 15) is 0 Å². The zero-order chi connectivity index (χ0) is 15.6. The maximum absolute atomic E-state index is 6.23. The van der Waals surface area contributed by atoms with Crippen molar-refractivity contribution in [2.24, 2.45) is 0 Å². The summed E-state index contributed by atoms with van der Waals surface area (Å²) in [7, 11) is 1.85. The Hall–Kier alpha value is -1.81. The Morgan fingerprint density at radius 1 is 1.05 bits per heavy atom. The third-order valence-electron chi connectivity index (χ3n) is 3.04. The third-order valence-corrected chi connectivity index (χ3v) is 3.37. The number of nitrogens with zero attached hydrogens (tertiary/aromatic N) is 2. The number of benzene rings is 1. The lowest BCUT2D eigenvalue weighted by Gasteiger charge is -2.19. The van der Waals surface area contributed by atoms with Crippen LogP contribution in [0.3, 0.4) is 0 Å². The second-order valence-corrected chi connectivity index (χ2v) is 6.48. The van der Waals surface area contributed by atoms with Crippen LogP contribution < -0.4 is 10.6 Å². The van der Waals surface area contributed by atoms with Crippen LogP contribution in [0.25, 0.3) is 0 Å². The van der Waals surface area contributed by atoms with Crippen LogP contribution >= 0.6 is 11.6 Å². The number of rotatable bonds is 3. The first-order valence-electron chi connectivity index (χ1n) is 6.90. The Bertz CT molecular complexity index is 647. The van der Waals surface area contributed by atoms with Crippen LogP contribution in [0, 0.1) is 6.92 Å². The summed E-state index contributed by atoms with van der Waals surface area (Å²) in [5.74, 6) is 2.29. The van der Waals surface area contributed by atoms with E-state index in [1.807, 2.05) is 38.2 Å². The fourth-order valence-corrected chi connectivity index (χ4v) is 2.01. The molecule has 0 saturated carbocycles. The van der Waals surface area contributed by atoms with Gasteiger partial charge in [0.25, 0.3) is 0 Å². The second kappa shape index (κ2) is 5.90. The Labute approximate surface area is 131 Å². The predicted molar refractivity (Wildman–Crippen MR) is 89.8 cm³/mol. The van der Waals surface area contributed by atoms with Gasteiger partial charge in [0.15, 0.2) is 0 Å². The van der Waals surface area contributed by atoms with Gasteiger partial charge in [0.2, 0.25) is 0 Å². The molecule has 0 spiro atoms. The van der Waals surface area contributed by atoms with E-state index in [1.165, 1.54) is 0 Å². The van der Waals surface area contributed by atoms with Crippen LogP contribution in [-0.2, 0) is 5.41 Å². The van der Waals surface area contributed by atoms with E-state index < -0.39 is 0 Å². The molecule has 4 nitrogen and oxygen atoms in total. The molecule has 0 aliphatic carbocycles. The lowest BCUT2D eigenvalue weighted by atomic mass is 9.96. The van der Waals surface area contributed by atoms with Gasteiger partial charge in [-0.05, 0) is 24.6 Å². The van der Waals surface area contributed by atoms with Gasteiger partial charge >= 0.3 is 0 Å². The molecule has 0 radical (unpaired) electrons. The number of nitrogens with one attached hydrogen (secondary N) is 2. The SMILES string of the molecule is CNc1cc(Nc2cc(C)ccc2Cl)nc(C(C)(C)C)n1. The van der Waals surface area contributed by atoms with E-state index in [0.717, 1.165) is 28.7 Å². The molecule has 2 N–H and O–H groups in total. The first-order chi connectivity index (χ1) is 9.79. The van der Waals surface area contributed by atoms with Crippen LogP contribution in [0.5, 0.6) is 0 Å². The van der Waals surface area contributed by atoms with E-state index >= 15 is 0 Å². The third kappa shape index (κ3) is 3.85. The average molecular weight is 305 g/mol. The lowest BCUT2D eigenvalue weighted by Crippen LogP contribution is -2.17. The van der Waals surface area contributed by atoms with Gasteiger partial charge in [-0.15, -0.1) is 0 Å². The Morgan fingerprint density at radius 3 is 2.33 bits per heavy atom. The minimum Gasteiger partial charge on any atom is -0.373 e. The number of hydrogen-bond acceptors (Lipinski definition) is 4. The van der Waals surface area contributed by atoms with Crippen molar-refractivity contribution in [2.45, 2.75) is 33.1 Å². The highest BCUT2D eigenvalue weighted by Gasteiger charge is 2.19. The van der Waals surface area contributed by atoms with Crippen molar-refractivity contribution < 1.29 is 0 Å². The lowest BCUT2D eigenvalue weighted by molar-refractivity contribution is 0.547. The van der Waals surface area contributed by atoms with Crippen LogP contribution in [0.1, 0.15) is 32.2 Å². The summed E-state index contributed by atoms with van der Waals surface area (Å²) in [5.41, 5.74) is 1.86. The molecule has 0 fully saturated rings. The van der Waals surface area contributed by atoms with Crippen LogP contribution in [0.2, 0.25) is 5.02 Å². The molecule has 1 aromatic carbocycles. The molecule has 0 saturated heterocycles. The standard InChI is InChI=1S/C16H21ClN4/c1-10-6-7-11(17)12(8-10)19-14-9-13(18-5)20-15(21-14)16(2,3)4/h6-9H,1-5H3,(H2,18,19,20,21). The van der Waals surface area contributed by atoms with Crippen molar-refractivity contribution in [3.05, 3.63) is 40.7 Å². The van der Waals surface area contributed by atoms with Gasteiger partial charge in [-0.3, -0.25) is 0 Å². The second-order valence-electron chi connectivity index (χ2n) is 6.07. The van der Waals surface area contributed by atoms with Crippen molar-refractivity contribution >= 4 is 28.9 Å². The first-order valence-corrected chi connectivity index (χ1v) is 7.28. The Kier molecular flexibility index (Phi) is 4.37. The number of hydrogen-bond donors (Lipinski definition) is 2. The minimum absolute atomic E-state index is 0.125. The quantitative estimate of drug-likeness (QED) is 0.875. The highest BCUT2D eigenvalue weighted by Crippen LogP contribution is 2.28. The molecule has 5 heteroatoms. The number of aromatic nitrogens is 2. The fraction of sp³-hybridized carbons (Fsp3) is 0.375. The van der Waals surface area contributed by atoms with E-state index in [2.05, 4.69) is 41.4 Å². The molecule has 0 atom stereocenters. The molecule has 0 amide bonds. The van der Waals surface area contributed by atoms with Gasteiger partial charge in [-0.25, -0.2) is 9.97 Å². The number of halogens is 1. The fourth-order valence-electron chi connectivity index (χ4n) is 1.85. The van der Waals surface area contributed by atoms with Gasteiger partial charge in [0.05, 0.1) is 10.7 Å². The zero-order valence-electron chi connectivity index (χ0n) is 13.1. The first kappa shape index (κ1) is 15.6. The van der Waals surface area contributed by atoms with E-state index in [1.54, 1.807) is 0 Å². The molecule has 0 aliphatic heterocycles. The molecule has 1 aromatic heterocycles. The monoisotopic (exact) mass is 304 g/mol. The van der Waals surface area contributed by atoms with Crippen LogP contribution in [0.15, 0.2) is 24.3 Å². The smallest absolute Gasteiger partial charge is 0.138 e. The summed E-state index contributed by atoms with van der Waals surface area (Å²) >= 11 is 6.23. The van der Waals surface area contributed by atoms with Gasteiger partial charge in [0.1, 0.15) is 17.5 Å². The van der Waals surface area contributed by atoms with E-state index in [4.69, 9.17) is 11.6 Å². The molecule has 2 aromatic rings. The maximum atomic E-state index is 6.23. The van der Waals surface area contributed by atoms with Crippen LogP contribution in [-0.4, -0.2) is 17.0 Å². The van der Waals surface area contributed by atoms with E-state index in [-0.39, 0.29) is 5.41 Å². The largest absolute Gasteiger partial charge is 0.373 e. The molecule has 1 heterocycles. The molecule has 21 heavy (non-hydrogen) atoms. The predicted octanol–water partition coefficient (Wildman–Crippen LogP) is 4.52. The summed E-state index contributed by atoms with van der Waals surface area (Å²) in [6.45, 7) is 8.29. The topological polar surface area (TPSA) is 49.8 Å². The Morgan fingerprint density at radius 2 is 1.71 bits per heavy atom. The number of anilines is 3. The van der Waals surface area contributed by atoms with Gasteiger partial charge < -0.3 is 10.6 Å². The normalized spacial score (nSPS) is 11.3. The molecule has 112 valence electrons. The molecule has 0 unspecified atom stereocenters. The van der Waals surface area contributed by atoms with Gasteiger partial charge in [0, 0.05) is 18.5 Å². The maximum Gasteiger partial charge on any atom is 0.138 e. The molecule has 0 aliphatic rings. The minimum atomic E-state index is -0.125. The summed E-state index contributed by atoms with van der Waals surface area (Å²) < 4.78 is 0. The van der Waals surface area contributed by atoms with Gasteiger partial charge in [-0.1, -0.05) is 38.4 Å². The van der Waals surface area contributed by atoms with Crippen molar-refractivity contribution in [1.29, 1.82) is 0 Å². The van der Waals surface area contributed by atoms with Crippen molar-refractivity contribution in [1.82, 2.24) is 9.97 Å². The van der Waals surface area contributed by atoms with Crippen molar-refractivity contribution in [2.75, 3.05) is 17.7 Å². The summed E-state index contributed by atoms with van der Waals surface area (Å²) in [5, 5.41) is 7.01. The summed E-state index contributed by atoms with van der Waals surface area (Å²) in [6.07, 6.45) is 0. The molecular weight excluding hydrogens is 284 g/mol. The van der Waals surface area contributed by atoms with Gasteiger partial charge in [-0.2, -0.15) is 0 Å². The molecular formula is C16H21ClN4. The van der Waals surface area contributed by atoms with E-state index in [0.29, 0.717) is 5.02 Å².